The van der Waals surface area contributed by atoms with Gasteiger partial charge in [0.05, 0.1) is 11.4 Å². The second kappa shape index (κ2) is 6.89. The van der Waals surface area contributed by atoms with Crippen molar-refractivity contribution in [2.75, 3.05) is 6.54 Å². The lowest BCUT2D eigenvalue weighted by Gasteiger charge is -2.37. The molecule has 118 valence electrons. The van der Waals surface area contributed by atoms with Crippen LogP contribution in [-0.4, -0.2) is 28.0 Å². The summed E-state index contributed by atoms with van der Waals surface area (Å²) in [4.78, 5) is 7.41. The molecule has 0 amide bonds. The summed E-state index contributed by atoms with van der Waals surface area (Å²) >= 11 is 0. The quantitative estimate of drug-likeness (QED) is 0.918. The van der Waals surface area contributed by atoms with Crippen LogP contribution in [0.15, 0.2) is 18.2 Å². The zero-order chi connectivity index (χ0) is 15.5. The Morgan fingerprint density at radius 1 is 1.24 bits per heavy atom. The van der Waals surface area contributed by atoms with Gasteiger partial charge in [-0.3, -0.25) is 9.88 Å². The van der Waals surface area contributed by atoms with Gasteiger partial charge in [-0.2, -0.15) is 0 Å². The molecule has 0 bridgehead atoms. The Balaban J connectivity index is 1.97. The van der Waals surface area contributed by atoms with Crippen LogP contribution in [0.5, 0.6) is 0 Å². The molecular formula is C18H31N3. The maximum absolute atomic E-state index is 4.83. The molecule has 1 aromatic rings. The second-order valence-electron chi connectivity index (χ2n) is 7.55. The molecular weight excluding hydrogens is 258 g/mol. The van der Waals surface area contributed by atoms with Crippen molar-refractivity contribution in [2.45, 2.75) is 72.1 Å². The summed E-state index contributed by atoms with van der Waals surface area (Å²) in [5.41, 5.74) is 2.47. The van der Waals surface area contributed by atoms with E-state index in [-0.39, 0.29) is 5.54 Å². The molecule has 1 aromatic heterocycles. The van der Waals surface area contributed by atoms with E-state index in [2.05, 4.69) is 63.0 Å². The molecule has 0 aliphatic carbocycles. The van der Waals surface area contributed by atoms with Gasteiger partial charge in [0.1, 0.15) is 0 Å². The zero-order valence-corrected chi connectivity index (χ0v) is 14.3. The molecule has 0 saturated carbocycles. The van der Waals surface area contributed by atoms with E-state index in [4.69, 9.17) is 4.98 Å². The van der Waals surface area contributed by atoms with E-state index in [1.54, 1.807) is 0 Å². The van der Waals surface area contributed by atoms with E-state index in [9.17, 15) is 0 Å². The van der Waals surface area contributed by atoms with Crippen molar-refractivity contribution >= 4 is 0 Å². The third kappa shape index (κ3) is 5.08. The summed E-state index contributed by atoms with van der Waals surface area (Å²) in [6, 6.07) is 7.08. The molecule has 2 atom stereocenters. The SMILES string of the molecule is CC1CCCN(Cc2cccc(CNC(C)(C)C)n2)C1C. The lowest BCUT2D eigenvalue weighted by molar-refractivity contribution is 0.105. The fourth-order valence-electron chi connectivity index (χ4n) is 2.92. The summed E-state index contributed by atoms with van der Waals surface area (Å²) < 4.78 is 0. The van der Waals surface area contributed by atoms with Crippen LogP contribution in [-0.2, 0) is 13.1 Å². The van der Waals surface area contributed by atoms with E-state index < -0.39 is 0 Å². The van der Waals surface area contributed by atoms with Gasteiger partial charge < -0.3 is 5.32 Å². The van der Waals surface area contributed by atoms with Crippen LogP contribution in [0.1, 0.15) is 58.8 Å². The van der Waals surface area contributed by atoms with Gasteiger partial charge in [-0.05, 0) is 65.1 Å². The fraction of sp³-hybridized carbons (Fsp3) is 0.722. The number of pyridine rings is 1. The average molecular weight is 289 g/mol. The smallest absolute Gasteiger partial charge is 0.0547 e. The molecule has 3 heteroatoms. The van der Waals surface area contributed by atoms with Crippen LogP contribution in [0.2, 0.25) is 0 Å². The molecule has 1 N–H and O–H groups in total. The number of nitrogens with one attached hydrogen (secondary N) is 1. The first-order valence-corrected chi connectivity index (χ1v) is 8.29. The lowest BCUT2D eigenvalue weighted by atomic mass is 9.92. The minimum Gasteiger partial charge on any atom is -0.306 e. The first-order valence-electron chi connectivity index (χ1n) is 8.29. The molecule has 0 aromatic carbocycles. The van der Waals surface area contributed by atoms with Crippen LogP contribution in [0.25, 0.3) is 0 Å². The number of nitrogens with zero attached hydrogens (tertiary/aromatic N) is 2. The van der Waals surface area contributed by atoms with Gasteiger partial charge in [-0.1, -0.05) is 13.0 Å². The number of hydrogen-bond acceptors (Lipinski definition) is 3. The molecule has 2 rings (SSSR count). The first kappa shape index (κ1) is 16.4. The second-order valence-corrected chi connectivity index (χ2v) is 7.55. The van der Waals surface area contributed by atoms with Crippen LogP contribution in [0.3, 0.4) is 0 Å². The van der Waals surface area contributed by atoms with Crippen LogP contribution in [0.4, 0.5) is 0 Å². The molecule has 1 aliphatic rings. The first-order chi connectivity index (χ1) is 9.85. The van der Waals surface area contributed by atoms with Crippen molar-refractivity contribution in [1.29, 1.82) is 0 Å². The maximum atomic E-state index is 4.83. The van der Waals surface area contributed by atoms with Crippen molar-refractivity contribution in [1.82, 2.24) is 15.2 Å². The number of hydrogen-bond donors (Lipinski definition) is 1. The van der Waals surface area contributed by atoms with Crippen molar-refractivity contribution in [2.24, 2.45) is 5.92 Å². The maximum Gasteiger partial charge on any atom is 0.0547 e. The third-order valence-electron chi connectivity index (χ3n) is 4.53. The number of piperidine rings is 1. The molecule has 0 spiro atoms. The molecule has 1 fully saturated rings. The van der Waals surface area contributed by atoms with Gasteiger partial charge in [-0.25, -0.2) is 0 Å². The standard InChI is InChI=1S/C18H31N3/c1-14-8-7-11-21(15(14)2)13-17-10-6-9-16(20-17)12-19-18(3,4)5/h6,9-10,14-15,19H,7-8,11-13H2,1-5H3. The number of aromatic nitrogens is 1. The van der Waals surface area contributed by atoms with Gasteiger partial charge in [0, 0.05) is 24.7 Å². The topological polar surface area (TPSA) is 28.2 Å². The predicted octanol–water partition coefficient (Wildman–Crippen LogP) is 3.59. The lowest BCUT2D eigenvalue weighted by Crippen LogP contribution is -2.42. The summed E-state index contributed by atoms with van der Waals surface area (Å²) in [5, 5.41) is 3.51. The molecule has 21 heavy (non-hydrogen) atoms. The monoisotopic (exact) mass is 289 g/mol. The number of likely N-dealkylation sites (tertiary alicyclic amines) is 1. The van der Waals surface area contributed by atoms with Crippen molar-refractivity contribution in [3.63, 3.8) is 0 Å². The van der Waals surface area contributed by atoms with Crippen LogP contribution >= 0.6 is 0 Å². The largest absolute Gasteiger partial charge is 0.306 e. The highest BCUT2D eigenvalue weighted by atomic mass is 15.2. The Bertz CT molecular complexity index is 450. The van der Waals surface area contributed by atoms with Gasteiger partial charge >= 0.3 is 0 Å². The molecule has 0 radical (unpaired) electrons. The Morgan fingerprint density at radius 3 is 2.67 bits per heavy atom. The average Bonchev–Trinajstić information content (AvgIpc) is 2.41. The summed E-state index contributed by atoms with van der Waals surface area (Å²) in [5.74, 6) is 0.796. The van der Waals surface area contributed by atoms with Crippen LogP contribution in [0, 0.1) is 5.92 Å². The zero-order valence-electron chi connectivity index (χ0n) is 14.3. The Morgan fingerprint density at radius 2 is 1.95 bits per heavy atom. The highest BCUT2D eigenvalue weighted by Crippen LogP contribution is 2.24. The predicted molar refractivity (Wildman–Crippen MR) is 89.1 cm³/mol. The van der Waals surface area contributed by atoms with Gasteiger partial charge in [0.25, 0.3) is 0 Å². The molecule has 1 saturated heterocycles. The van der Waals surface area contributed by atoms with Gasteiger partial charge in [-0.15, -0.1) is 0 Å². The highest BCUT2D eigenvalue weighted by Gasteiger charge is 2.24. The third-order valence-corrected chi connectivity index (χ3v) is 4.53. The Kier molecular flexibility index (Phi) is 5.39. The Hall–Kier alpha value is -0.930. The molecule has 2 unspecified atom stereocenters. The van der Waals surface area contributed by atoms with E-state index in [0.29, 0.717) is 6.04 Å². The summed E-state index contributed by atoms with van der Waals surface area (Å²) in [6.45, 7) is 14.3. The van der Waals surface area contributed by atoms with Crippen molar-refractivity contribution in [3.05, 3.63) is 29.6 Å². The normalized spacial score (nSPS) is 24.2. The number of rotatable bonds is 4. The van der Waals surface area contributed by atoms with Crippen LogP contribution < -0.4 is 5.32 Å². The summed E-state index contributed by atoms with van der Waals surface area (Å²) in [6.07, 6.45) is 2.68. The molecule has 1 aliphatic heterocycles. The van der Waals surface area contributed by atoms with E-state index >= 15 is 0 Å². The highest BCUT2D eigenvalue weighted by molar-refractivity contribution is 5.11. The minimum atomic E-state index is 0.133. The van der Waals surface area contributed by atoms with E-state index in [0.717, 1.165) is 24.7 Å². The van der Waals surface area contributed by atoms with E-state index in [1.165, 1.54) is 25.1 Å². The van der Waals surface area contributed by atoms with Gasteiger partial charge in [0.2, 0.25) is 0 Å². The van der Waals surface area contributed by atoms with Crippen molar-refractivity contribution < 1.29 is 0 Å². The van der Waals surface area contributed by atoms with Crippen molar-refractivity contribution in [3.8, 4) is 0 Å². The molecule has 2 heterocycles. The molecule has 3 nitrogen and oxygen atoms in total. The minimum absolute atomic E-state index is 0.133. The van der Waals surface area contributed by atoms with Gasteiger partial charge in [0.15, 0.2) is 0 Å². The summed E-state index contributed by atoms with van der Waals surface area (Å²) in [7, 11) is 0. The fourth-order valence-corrected chi connectivity index (χ4v) is 2.92. The van der Waals surface area contributed by atoms with E-state index in [1.807, 2.05) is 0 Å². The Labute approximate surface area is 130 Å².